The third-order valence-corrected chi connectivity index (χ3v) is 9.19. The number of amides is 3. The van der Waals surface area contributed by atoms with Crippen LogP contribution < -0.4 is 16.0 Å². The first-order valence-corrected chi connectivity index (χ1v) is 16.8. The lowest BCUT2D eigenvalue weighted by atomic mass is 9.82. The van der Waals surface area contributed by atoms with Gasteiger partial charge >= 0.3 is 0 Å². The van der Waals surface area contributed by atoms with Gasteiger partial charge in [0.1, 0.15) is 18.2 Å². The average Bonchev–Trinajstić information content (AvgIpc) is 3.60. The van der Waals surface area contributed by atoms with Gasteiger partial charge in [-0.2, -0.15) is 0 Å². The first kappa shape index (κ1) is 35.8. The Hall–Kier alpha value is -4.09. The molecule has 1 aliphatic carbocycles. The lowest BCUT2D eigenvalue weighted by Crippen LogP contribution is -2.59. The minimum atomic E-state index is -1.18. The van der Waals surface area contributed by atoms with Gasteiger partial charge in [0.2, 0.25) is 17.7 Å². The van der Waals surface area contributed by atoms with Crippen molar-refractivity contribution in [3.8, 4) is 0 Å². The summed E-state index contributed by atoms with van der Waals surface area (Å²) in [4.78, 5) is 52.6. The van der Waals surface area contributed by atoms with Gasteiger partial charge in [0.15, 0.2) is 0 Å². The van der Waals surface area contributed by atoms with Crippen LogP contribution in [0.25, 0.3) is 0 Å². The number of aliphatic hydroxyl groups is 2. The van der Waals surface area contributed by atoms with Crippen LogP contribution in [0, 0.1) is 11.8 Å². The van der Waals surface area contributed by atoms with Crippen LogP contribution in [0.3, 0.4) is 0 Å². The Kier molecular flexibility index (Phi) is 13.5. The number of H-pyrrole nitrogens is 1. The summed E-state index contributed by atoms with van der Waals surface area (Å²) in [7, 11) is 0. The van der Waals surface area contributed by atoms with E-state index in [1.165, 1.54) is 12.7 Å². The predicted molar refractivity (Wildman–Crippen MR) is 179 cm³/mol. The Morgan fingerprint density at radius 3 is 2.13 bits per heavy atom. The van der Waals surface area contributed by atoms with Crippen LogP contribution in [0.5, 0.6) is 0 Å². The SMILES string of the molecule is CC(C(=O)N[C@@H](Cc1ccccc1)C(=O)N[C@@H](Cc1cnc[nH]1)C(=O)N[C@@H](CC1CCCCC1)[C@@H](O)[C@@H](O)C(C)C)c1cccnc1. The molecular formula is C36H50N6O5. The Morgan fingerprint density at radius 2 is 1.49 bits per heavy atom. The number of imidazole rings is 1. The molecule has 2 aromatic heterocycles. The van der Waals surface area contributed by atoms with E-state index in [1.54, 1.807) is 31.6 Å². The second-order valence-corrected chi connectivity index (χ2v) is 13.2. The maximum Gasteiger partial charge on any atom is 0.243 e. The lowest BCUT2D eigenvalue weighted by molar-refractivity contribution is -0.133. The van der Waals surface area contributed by atoms with Gasteiger partial charge in [-0.25, -0.2) is 4.98 Å². The molecule has 1 unspecified atom stereocenters. The average molecular weight is 647 g/mol. The molecule has 254 valence electrons. The Bertz CT molecular complexity index is 1380. The molecule has 2 heterocycles. The molecule has 1 saturated carbocycles. The molecule has 3 aromatic rings. The highest BCUT2D eigenvalue weighted by Crippen LogP contribution is 2.29. The van der Waals surface area contributed by atoms with Crippen molar-refractivity contribution in [2.75, 3.05) is 0 Å². The largest absolute Gasteiger partial charge is 0.390 e. The highest BCUT2D eigenvalue weighted by atomic mass is 16.3. The molecular weight excluding hydrogens is 596 g/mol. The van der Waals surface area contributed by atoms with Crippen LogP contribution >= 0.6 is 0 Å². The third kappa shape index (κ3) is 10.7. The molecule has 1 fully saturated rings. The van der Waals surface area contributed by atoms with Crippen molar-refractivity contribution in [1.82, 2.24) is 30.9 Å². The molecule has 0 saturated heterocycles. The zero-order valence-corrected chi connectivity index (χ0v) is 27.6. The summed E-state index contributed by atoms with van der Waals surface area (Å²) < 4.78 is 0. The lowest BCUT2D eigenvalue weighted by Gasteiger charge is -2.34. The standard InChI is InChI=1S/C36H50N6O5/c1-23(2)32(43)33(44)29(17-25-11-6-4-7-12-25)40-36(47)31(19-28-21-38-22-39-28)42-35(46)30(18-26-13-8-5-9-14-26)41-34(45)24(3)27-15-10-16-37-20-27/h5,8-10,13-16,20-25,29-33,43-44H,4,6-7,11-12,17-19H2,1-3H3,(H,38,39)(H,40,47)(H,41,45)(H,42,46)/t24?,29-,30-,31-,32-,33+/m0/s1. The zero-order chi connectivity index (χ0) is 33.8. The molecule has 0 spiro atoms. The molecule has 47 heavy (non-hydrogen) atoms. The van der Waals surface area contributed by atoms with E-state index in [9.17, 15) is 24.6 Å². The van der Waals surface area contributed by atoms with Gasteiger partial charge in [0, 0.05) is 37.1 Å². The van der Waals surface area contributed by atoms with Crippen molar-refractivity contribution >= 4 is 17.7 Å². The van der Waals surface area contributed by atoms with Gasteiger partial charge < -0.3 is 31.1 Å². The van der Waals surface area contributed by atoms with Crippen LogP contribution in [-0.2, 0) is 27.2 Å². The Balaban J connectivity index is 1.56. The van der Waals surface area contributed by atoms with Crippen molar-refractivity contribution in [1.29, 1.82) is 0 Å². The fourth-order valence-electron chi connectivity index (χ4n) is 6.22. The molecule has 11 nitrogen and oxygen atoms in total. The number of carbonyl (C=O) groups excluding carboxylic acids is 3. The number of hydrogen-bond donors (Lipinski definition) is 6. The number of aromatic nitrogens is 3. The predicted octanol–water partition coefficient (Wildman–Crippen LogP) is 3.20. The van der Waals surface area contributed by atoms with Crippen LogP contribution in [0.4, 0.5) is 0 Å². The molecule has 4 rings (SSSR count). The second-order valence-electron chi connectivity index (χ2n) is 13.2. The van der Waals surface area contributed by atoms with Crippen molar-refractivity contribution in [2.45, 2.75) is 108 Å². The highest BCUT2D eigenvalue weighted by molar-refractivity contribution is 5.93. The molecule has 6 N–H and O–H groups in total. The molecule has 1 aromatic carbocycles. The van der Waals surface area contributed by atoms with Crippen molar-refractivity contribution in [3.63, 3.8) is 0 Å². The van der Waals surface area contributed by atoms with Gasteiger partial charge in [0.25, 0.3) is 0 Å². The number of nitrogens with one attached hydrogen (secondary N) is 4. The quantitative estimate of drug-likeness (QED) is 0.139. The number of aromatic amines is 1. The van der Waals surface area contributed by atoms with Crippen LogP contribution in [0.15, 0.2) is 67.4 Å². The van der Waals surface area contributed by atoms with E-state index in [4.69, 9.17) is 0 Å². The molecule has 11 heteroatoms. The minimum absolute atomic E-state index is 0.106. The molecule has 0 aliphatic heterocycles. The van der Waals surface area contributed by atoms with Crippen LogP contribution in [-0.4, -0.2) is 73.2 Å². The molecule has 3 amide bonds. The van der Waals surface area contributed by atoms with E-state index in [0.29, 0.717) is 23.6 Å². The van der Waals surface area contributed by atoms with Gasteiger partial charge in [0.05, 0.1) is 24.4 Å². The van der Waals surface area contributed by atoms with E-state index >= 15 is 0 Å². The molecule has 0 radical (unpaired) electrons. The summed E-state index contributed by atoms with van der Waals surface area (Å²) in [6.07, 6.45) is 10.3. The van der Waals surface area contributed by atoms with E-state index in [0.717, 1.165) is 31.2 Å². The van der Waals surface area contributed by atoms with E-state index < -0.39 is 48.1 Å². The topological polar surface area (TPSA) is 169 Å². The summed E-state index contributed by atoms with van der Waals surface area (Å²) in [5, 5.41) is 30.8. The second kappa shape index (κ2) is 17.7. The summed E-state index contributed by atoms with van der Waals surface area (Å²) in [6.45, 7) is 5.40. The van der Waals surface area contributed by atoms with E-state index in [-0.39, 0.29) is 24.7 Å². The van der Waals surface area contributed by atoms with Crippen LogP contribution in [0.1, 0.15) is 82.0 Å². The normalized spacial score (nSPS) is 17.6. The van der Waals surface area contributed by atoms with E-state index in [2.05, 4.69) is 30.9 Å². The maximum absolute atomic E-state index is 14.0. The number of nitrogens with zero attached hydrogens (tertiary/aromatic N) is 2. The monoisotopic (exact) mass is 646 g/mol. The van der Waals surface area contributed by atoms with Crippen LogP contribution in [0.2, 0.25) is 0 Å². The van der Waals surface area contributed by atoms with Crippen molar-refractivity contribution in [2.24, 2.45) is 11.8 Å². The number of aliphatic hydroxyl groups excluding tert-OH is 2. The Labute approximate surface area is 277 Å². The van der Waals surface area contributed by atoms with Crippen molar-refractivity contribution < 1.29 is 24.6 Å². The number of carbonyl (C=O) groups is 3. The number of hydrogen-bond acceptors (Lipinski definition) is 7. The fourth-order valence-corrected chi connectivity index (χ4v) is 6.22. The number of benzene rings is 1. The Morgan fingerprint density at radius 1 is 0.809 bits per heavy atom. The fraction of sp³-hybridized carbons (Fsp3) is 0.528. The van der Waals surface area contributed by atoms with E-state index in [1.807, 2.05) is 50.2 Å². The first-order valence-electron chi connectivity index (χ1n) is 16.8. The molecule has 1 aliphatic rings. The van der Waals surface area contributed by atoms with Gasteiger partial charge in [-0.05, 0) is 42.4 Å². The third-order valence-electron chi connectivity index (χ3n) is 9.19. The smallest absolute Gasteiger partial charge is 0.243 e. The van der Waals surface area contributed by atoms with Gasteiger partial charge in [-0.15, -0.1) is 0 Å². The summed E-state index contributed by atoms with van der Waals surface area (Å²) in [5.74, 6) is -1.82. The summed E-state index contributed by atoms with van der Waals surface area (Å²) in [5.41, 5.74) is 2.19. The number of pyridine rings is 1. The zero-order valence-electron chi connectivity index (χ0n) is 27.6. The summed E-state index contributed by atoms with van der Waals surface area (Å²) >= 11 is 0. The number of rotatable bonds is 16. The van der Waals surface area contributed by atoms with Crippen molar-refractivity contribution in [3.05, 3.63) is 84.2 Å². The highest BCUT2D eigenvalue weighted by Gasteiger charge is 2.35. The molecule has 6 atom stereocenters. The first-order chi connectivity index (χ1) is 22.6. The minimum Gasteiger partial charge on any atom is -0.390 e. The summed E-state index contributed by atoms with van der Waals surface area (Å²) in [6, 6.07) is 10.2. The van der Waals surface area contributed by atoms with Gasteiger partial charge in [-0.1, -0.05) is 82.3 Å². The maximum atomic E-state index is 14.0. The molecule has 0 bridgehead atoms. The van der Waals surface area contributed by atoms with Gasteiger partial charge in [-0.3, -0.25) is 19.4 Å².